The van der Waals surface area contributed by atoms with Crippen molar-refractivity contribution in [2.75, 3.05) is 18.0 Å². The minimum atomic E-state index is -0.147. The van der Waals surface area contributed by atoms with Crippen LogP contribution in [-0.2, 0) is 0 Å². The molecular weight excluding hydrogens is 316 g/mol. The number of rotatable bonds is 3. The minimum Gasteiger partial charge on any atom is -0.355 e. The number of anilines is 1. The maximum absolute atomic E-state index is 12.2. The second-order valence-electron chi connectivity index (χ2n) is 6.05. The van der Waals surface area contributed by atoms with Crippen LogP contribution in [0.25, 0.3) is 11.0 Å². The Morgan fingerprint density at radius 1 is 1.08 bits per heavy atom. The Morgan fingerprint density at radius 2 is 1.88 bits per heavy atom. The molecule has 25 heavy (non-hydrogen) atoms. The Morgan fingerprint density at radius 3 is 2.64 bits per heavy atom. The number of nitrogens with zero attached hydrogens (tertiary/aromatic N) is 5. The maximum atomic E-state index is 12.2. The molecule has 1 N–H and O–H groups in total. The number of hydrogen-bond donors (Lipinski definition) is 1. The molecule has 2 aromatic heterocycles. The summed E-state index contributed by atoms with van der Waals surface area (Å²) in [6.07, 6.45) is 6.51. The Hall–Kier alpha value is -3.09. The molecule has 0 radical (unpaired) electrons. The average Bonchev–Trinajstić information content (AvgIpc) is 2.69. The lowest BCUT2D eigenvalue weighted by atomic mass is 10.0. The highest BCUT2D eigenvalue weighted by atomic mass is 16.1. The number of benzene rings is 1. The van der Waals surface area contributed by atoms with Gasteiger partial charge < -0.3 is 10.2 Å². The van der Waals surface area contributed by atoms with Gasteiger partial charge in [-0.25, -0.2) is 15.0 Å². The first-order valence-electron chi connectivity index (χ1n) is 8.33. The summed E-state index contributed by atoms with van der Waals surface area (Å²) in [6, 6.07) is 9.63. The summed E-state index contributed by atoms with van der Waals surface area (Å²) in [5.74, 6) is 0.741. The number of hydrogen-bond acceptors (Lipinski definition) is 6. The van der Waals surface area contributed by atoms with Crippen LogP contribution in [0.15, 0.2) is 49.1 Å². The van der Waals surface area contributed by atoms with Crippen LogP contribution in [0, 0.1) is 0 Å². The monoisotopic (exact) mass is 334 g/mol. The smallest absolute Gasteiger partial charge is 0.270 e. The fourth-order valence-corrected chi connectivity index (χ4v) is 3.04. The van der Waals surface area contributed by atoms with Gasteiger partial charge in [0.15, 0.2) is 0 Å². The fraction of sp³-hybridized carbons (Fsp3) is 0.278. The first-order chi connectivity index (χ1) is 12.3. The summed E-state index contributed by atoms with van der Waals surface area (Å²) in [4.78, 5) is 31.4. The largest absolute Gasteiger partial charge is 0.355 e. The number of nitrogens with one attached hydrogen (secondary N) is 1. The third-order valence-corrected chi connectivity index (χ3v) is 4.40. The second-order valence-corrected chi connectivity index (χ2v) is 6.05. The molecule has 1 amide bonds. The van der Waals surface area contributed by atoms with E-state index in [0.717, 1.165) is 42.8 Å². The SMILES string of the molecule is O=C(NC1CCN(c2cnc3ccccc3n2)CC1)c1ccncn1. The van der Waals surface area contributed by atoms with Gasteiger partial charge in [-0.2, -0.15) is 0 Å². The van der Waals surface area contributed by atoms with E-state index in [0.29, 0.717) is 5.69 Å². The molecular formula is C18H18N6O. The number of carbonyl (C=O) groups excluding carboxylic acids is 1. The number of carbonyl (C=O) groups is 1. The molecule has 7 heteroatoms. The van der Waals surface area contributed by atoms with Crippen molar-refractivity contribution in [2.45, 2.75) is 18.9 Å². The molecule has 3 heterocycles. The van der Waals surface area contributed by atoms with E-state index in [2.05, 4.69) is 25.2 Å². The zero-order valence-electron chi connectivity index (χ0n) is 13.7. The highest BCUT2D eigenvalue weighted by Crippen LogP contribution is 2.20. The molecule has 0 spiro atoms. The van der Waals surface area contributed by atoms with Gasteiger partial charge in [-0.1, -0.05) is 12.1 Å². The highest BCUT2D eigenvalue weighted by molar-refractivity contribution is 5.92. The molecule has 126 valence electrons. The first-order valence-corrected chi connectivity index (χ1v) is 8.33. The zero-order valence-corrected chi connectivity index (χ0v) is 13.7. The van der Waals surface area contributed by atoms with Crippen molar-refractivity contribution in [2.24, 2.45) is 0 Å². The zero-order chi connectivity index (χ0) is 17.1. The molecule has 0 saturated carbocycles. The van der Waals surface area contributed by atoms with Crippen molar-refractivity contribution in [1.82, 2.24) is 25.3 Å². The predicted octanol–water partition coefficient (Wildman–Crippen LogP) is 1.82. The van der Waals surface area contributed by atoms with Gasteiger partial charge in [0, 0.05) is 25.3 Å². The molecule has 0 unspecified atom stereocenters. The summed E-state index contributed by atoms with van der Waals surface area (Å²) >= 11 is 0. The van der Waals surface area contributed by atoms with Crippen LogP contribution in [0.3, 0.4) is 0 Å². The number of aromatic nitrogens is 4. The number of para-hydroxylation sites is 2. The lowest BCUT2D eigenvalue weighted by molar-refractivity contribution is 0.0926. The van der Waals surface area contributed by atoms with E-state index in [1.54, 1.807) is 12.3 Å². The standard InChI is InChI=1S/C18H18N6O/c25-18(16-5-8-19-12-21-16)22-13-6-9-24(10-7-13)17-11-20-14-3-1-2-4-15(14)23-17/h1-5,8,11-13H,6-7,9-10H2,(H,22,25). The molecule has 0 bridgehead atoms. The van der Waals surface area contributed by atoms with Crippen molar-refractivity contribution in [3.8, 4) is 0 Å². The topological polar surface area (TPSA) is 83.9 Å². The lowest BCUT2D eigenvalue weighted by Crippen LogP contribution is -2.45. The van der Waals surface area contributed by atoms with Crippen LogP contribution >= 0.6 is 0 Å². The molecule has 1 aliphatic rings. The van der Waals surface area contributed by atoms with Crippen LogP contribution < -0.4 is 10.2 Å². The highest BCUT2D eigenvalue weighted by Gasteiger charge is 2.22. The van der Waals surface area contributed by atoms with E-state index in [9.17, 15) is 4.79 Å². The Balaban J connectivity index is 1.38. The van der Waals surface area contributed by atoms with Gasteiger partial charge >= 0.3 is 0 Å². The van der Waals surface area contributed by atoms with Gasteiger partial charge in [0.25, 0.3) is 5.91 Å². The van der Waals surface area contributed by atoms with Crippen LogP contribution in [0.2, 0.25) is 0 Å². The molecule has 0 aliphatic carbocycles. The van der Waals surface area contributed by atoms with Gasteiger partial charge in [0.2, 0.25) is 0 Å². The van der Waals surface area contributed by atoms with E-state index < -0.39 is 0 Å². The van der Waals surface area contributed by atoms with Gasteiger partial charge in [0.05, 0.1) is 17.2 Å². The van der Waals surface area contributed by atoms with Crippen LogP contribution in [0.4, 0.5) is 5.82 Å². The summed E-state index contributed by atoms with van der Waals surface area (Å²) in [5, 5.41) is 3.04. The molecule has 4 rings (SSSR count). The molecule has 1 fully saturated rings. The van der Waals surface area contributed by atoms with Crippen molar-refractivity contribution >= 4 is 22.8 Å². The second kappa shape index (κ2) is 6.80. The summed E-state index contributed by atoms with van der Waals surface area (Å²) in [5.41, 5.74) is 2.20. The van der Waals surface area contributed by atoms with Crippen LogP contribution in [0.5, 0.6) is 0 Å². The summed E-state index contributed by atoms with van der Waals surface area (Å²) in [7, 11) is 0. The van der Waals surface area contributed by atoms with Gasteiger partial charge in [0.1, 0.15) is 17.8 Å². The van der Waals surface area contributed by atoms with E-state index in [-0.39, 0.29) is 11.9 Å². The van der Waals surface area contributed by atoms with Gasteiger partial charge in [-0.05, 0) is 31.0 Å². The molecule has 3 aromatic rings. The third kappa shape index (κ3) is 3.40. The first kappa shape index (κ1) is 15.4. The van der Waals surface area contributed by atoms with E-state index in [1.807, 2.05) is 30.5 Å². The third-order valence-electron chi connectivity index (χ3n) is 4.40. The van der Waals surface area contributed by atoms with Crippen molar-refractivity contribution in [1.29, 1.82) is 0 Å². The van der Waals surface area contributed by atoms with Crippen LogP contribution in [-0.4, -0.2) is 45.0 Å². The number of piperidine rings is 1. The average molecular weight is 334 g/mol. The summed E-state index contributed by atoms with van der Waals surface area (Å²) < 4.78 is 0. The number of amides is 1. The molecule has 0 atom stereocenters. The summed E-state index contributed by atoms with van der Waals surface area (Å²) in [6.45, 7) is 1.67. The Kier molecular flexibility index (Phi) is 4.20. The molecule has 7 nitrogen and oxygen atoms in total. The van der Waals surface area contributed by atoms with Crippen molar-refractivity contribution < 1.29 is 4.79 Å². The lowest BCUT2D eigenvalue weighted by Gasteiger charge is -2.33. The van der Waals surface area contributed by atoms with E-state index >= 15 is 0 Å². The van der Waals surface area contributed by atoms with Gasteiger partial charge in [-0.3, -0.25) is 9.78 Å². The van der Waals surface area contributed by atoms with E-state index in [4.69, 9.17) is 4.98 Å². The predicted molar refractivity (Wildman–Crippen MR) is 94.3 cm³/mol. The minimum absolute atomic E-state index is 0.145. The van der Waals surface area contributed by atoms with E-state index in [1.165, 1.54) is 6.33 Å². The Bertz CT molecular complexity index is 877. The fourth-order valence-electron chi connectivity index (χ4n) is 3.04. The normalized spacial score (nSPS) is 15.3. The van der Waals surface area contributed by atoms with Crippen molar-refractivity contribution in [3.05, 3.63) is 54.7 Å². The Labute approximate surface area is 145 Å². The molecule has 1 aliphatic heterocycles. The molecule has 1 saturated heterocycles. The maximum Gasteiger partial charge on any atom is 0.270 e. The quantitative estimate of drug-likeness (QED) is 0.786. The molecule has 1 aromatic carbocycles. The number of fused-ring (bicyclic) bond motifs is 1. The van der Waals surface area contributed by atoms with Gasteiger partial charge in [-0.15, -0.1) is 0 Å². The van der Waals surface area contributed by atoms with Crippen LogP contribution in [0.1, 0.15) is 23.3 Å². The van der Waals surface area contributed by atoms with Crippen molar-refractivity contribution in [3.63, 3.8) is 0 Å².